The van der Waals surface area contributed by atoms with Crippen LogP contribution in [0.3, 0.4) is 0 Å². The normalized spacial score (nSPS) is 13.4. The fraction of sp³-hybridized carbons (Fsp3) is 0.316. The van der Waals surface area contributed by atoms with Crippen molar-refractivity contribution in [2.75, 3.05) is 26.3 Å². The van der Waals surface area contributed by atoms with Crippen LogP contribution in [0, 0.1) is 0 Å². The standard InChI is InChI=1S/C19H21ClN2O5S/c1-2-22(13-19(23)21-12-14-3-5-15(20)6-4-14)28(24,25)16-7-8-17-18(11-16)27-10-9-26-17/h3-8,11H,2,9-10,12-13H2,1H3,(H,21,23). The van der Waals surface area contributed by atoms with E-state index in [0.29, 0.717) is 29.7 Å². The van der Waals surface area contributed by atoms with Gasteiger partial charge in [-0.05, 0) is 29.8 Å². The minimum Gasteiger partial charge on any atom is -0.486 e. The van der Waals surface area contributed by atoms with Crippen molar-refractivity contribution in [3.8, 4) is 11.5 Å². The highest BCUT2D eigenvalue weighted by Gasteiger charge is 2.27. The molecular formula is C19H21ClN2O5S. The molecule has 0 saturated heterocycles. The Balaban J connectivity index is 1.67. The van der Waals surface area contributed by atoms with Gasteiger partial charge < -0.3 is 14.8 Å². The van der Waals surface area contributed by atoms with Crippen LogP contribution >= 0.6 is 11.6 Å². The highest BCUT2D eigenvalue weighted by Crippen LogP contribution is 2.33. The Morgan fingerprint density at radius 2 is 1.79 bits per heavy atom. The van der Waals surface area contributed by atoms with E-state index < -0.39 is 15.9 Å². The molecule has 1 amide bonds. The van der Waals surface area contributed by atoms with Crippen molar-refractivity contribution >= 4 is 27.5 Å². The lowest BCUT2D eigenvalue weighted by Gasteiger charge is -2.22. The Hall–Kier alpha value is -2.29. The van der Waals surface area contributed by atoms with Gasteiger partial charge in [-0.15, -0.1) is 0 Å². The summed E-state index contributed by atoms with van der Waals surface area (Å²) in [6.07, 6.45) is 0. The average Bonchev–Trinajstić information content (AvgIpc) is 2.71. The summed E-state index contributed by atoms with van der Waals surface area (Å²) in [6.45, 7) is 2.64. The maximum Gasteiger partial charge on any atom is 0.243 e. The van der Waals surface area contributed by atoms with E-state index in [9.17, 15) is 13.2 Å². The number of sulfonamides is 1. The molecule has 7 nitrogen and oxygen atoms in total. The van der Waals surface area contributed by atoms with E-state index in [2.05, 4.69) is 5.32 Å². The van der Waals surface area contributed by atoms with Crippen LogP contribution in [0.15, 0.2) is 47.4 Å². The number of fused-ring (bicyclic) bond motifs is 1. The van der Waals surface area contributed by atoms with Crippen molar-refractivity contribution in [3.05, 3.63) is 53.1 Å². The molecule has 0 radical (unpaired) electrons. The molecule has 150 valence electrons. The number of amides is 1. The van der Waals surface area contributed by atoms with Gasteiger partial charge in [0.15, 0.2) is 11.5 Å². The number of halogens is 1. The summed E-state index contributed by atoms with van der Waals surface area (Å²) in [5.74, 6) is 0.502. The summed E-state index contributed by atoms with van der Waals surface area (Å²) in [5, 5.41) is 3.33. The molecule has 28 heavy (non-hydrogen) atoms. The Morgan fingerprint density at radius 3 is 2.46 bits per heavy atom. The quantitative estimate of drug-likeness (QED) is 0.737. The van der Waals surface area contributed by atoms with Crippen LogP contribution in [0.25, 0.3) is 0 Å². The molecule has 0 aromatic heterocycles. The number of rotatable bonds is 7. The van der Waals surface area contributed by atoms with Crippen molar-refractivity contribution in [2.45, 2.75) is 18.4 Å². The lowest BCUT2D eigenvalue weighted by molar-refractivity contribution is -0.121. The third-order valence-corrected chi connectivity index (χ3v) is 6.40. The highest BCUT2D eigenvalue weighted by molar-refractivity contribution is 7.89. The molecule has 0 atom stereocenters. The van der Waals surface area contributed by atoms with E-state index >= 15 is 0 Å². The van der Waals surface area contributed by atoms with Gasteiger partial charge in [-0.3, -0.25) is 4.79 Å². The van der Waals surface area contributed by atoms with Crippen LogP contribution in [0.5, 0.6) is 11.5 Å². The van der Waals surface area contributed by atoms with Gasteiger partial charge in [0, 0.05) is 24.2 Å². The molecular weight excluding hydrogens is 404 g/mol. The first-order chi connectivity index (χ1) is 13.4. The molecule has 1 aliphatic heterocycles. The zero-order chi connectivity index (χ0) is 20.1. The topological polar surface area (TPSA) is 84.9 Å². The maximum absolute atomic E-state index is 12.9. The predicted molar refractivity (Wildman–Crippen MR) is 105 cm³/mol. The van der Waals surface area contributed by atoms with Crippen molar-refractivity contribution < 1.29 is 22.7 Å². The Kier molecular flexibility index (Phi) is 6.43. The third-order valence-electron chi connectivity index (χ3n) is 4.23. The molecule has 0 unspecified atom stereocenters. The molecule has 3 rings (SSSR count). The van der Waals surface area contributed by atoms with Crippen LogP contribution in [-0.4, -0.2) is 44.9 Å². The van der Waals surface area contributed by atoms with Crippen molar-refractivity contribution in [1.82, 2.24) is 9.62 Å². The number of ether oxygens (including phenoxy) is 2. The number of carbonyl (C=O) groups excluding carboxylic acids is 1. The second kappa shape index (κ2) is 8.81. The van der Waals surface area contributed by atoms with Gasteiger partial charge in [0.05, 0.1) is 11.4 Å². The van der Waals surface area contributed by atoms with Crippen molar-refractivity contribution in [2.24, 2.45) is 0 Å². The molecule has 1 aliphatic rings. The van der Waals surface area contributed by atoms with Gasteiger partial charge in [0.1, 0.15) is 13.2 Å². The van der Waals surface area contributed by atoms with E-state index in [1.165, 1.54) is 12.1 Å². The zero-order valence-electron chi connectivity index (χ0n) is 15.4. The average molecular weight is 425 g/mol. The smallest absolute Gasteiger partial charge is 0.243 e. The number of hydrogen-bond donors (Lipinski definition) is 1. The van der Waals surface area contributed by atoms with Crippen LogP contribution < -0.4 is 14.8 Å². The predicted octanol–water partition coefficient (Wildman–Crippen LogP) is 2.44. The molecule has 1 heterocycles. The number of likely N-dealkylation sites (N-methyl/N-ethyl adjacent to an activating group) is 1. The highest BCUT2D eigenvalue weighted by atomic mass is 35.5. The largest absolute Gasteiger partial charge is 0.486 e. The monoisotopic (exact) mass is 424 g/mol. The van der Waals surface area contributed by atoms with Gasteiger partial charge in [-0.25, -0.2) is 8.42 Å². The molecule has 0 aliphatic carbocycles. The SMILES string of the molecule is CCN(CC(=O)NCc1ccc(Cl)cc1)S(=O)(=O)c1ccc2c(c1)OCCO2. The zero-order valence-corrected chi connectivity index (χ0v) is 16.9. The molecule has 1 N–H and O–H groups in total. The molecule has 0 fully saturated rings. The van der Waals surface area contributed by atoms with Crippen LogP contribution in [-0.2, 0) is 21.4 Å². The fourth-order valence-electron chi connectivity index (χ4n) is 2.72. The summed E-state index contributed by atoms with van der Waals surface area (Å²) in [7, 11) is -3.85. The Labute approximate surface area is 169 Å². The summed E-state index contributed by atoms with van der Waals surface area (Å²) < 4.78 is 37.9. The molecule has 2 aromatic carbocycles. The van der Waals surface area contributed by atoms with E-state index in [1.807, 2.05) is 0 Å². The summed E-state index contributed by atoms with van der Waals surface area (Å²) in [6, 6.07) is 11.5. The molecule has 0 bridgehead atoms. The van der Waals surface area contributed by atoms with E-state index in [0.717, 1.165) is 9.87 Å². The van der Waals surface area contributed by atoms with E-state index in [1.54, 1.807) is 37.3 Å². The number of nitrogens with one attached hydrogen (secondary N) is 1. The van der Waals surface area contributed by atoms with Gasteiger partial charge in [-0.2, -0.15) is 4.31 Å². The molecule has 9 heteroatoms. The lowest BCUT2D eigenvalue weighted by atomic mass is 10.2. The maximum atomic E-state index is 12.9. The third kappa shape index (κ3) is 4.76. The Bertz CT molecular complexity index is 947. The summed E-state index contributed by atoms with van der Waals surface area (Å²) >= 11 is 5.84. The van der Waals surface area contributed by atoms with Gasteiger partial charge >= 0.3 is 0 Å². The van der Waals surface area contributed by atoms with Crippen molar-refractivity contribution in [3.63, 3.8) is 0 Å². The van der Waals surface area contributed by atoms with Crippen LogP contribution in [0.4, 0.5) is 0 Å². The van der Waals surface area contributed by atoms with Gasteiger partial charge in [0.25, 0.3) is 0 Å². The number of hydrogen-bond acceptors (Lipinski definition) is 5. The lowest BCUT2D eigenvalue weighted by Crippen LogP contribution is -2.40. The van der Waals surface area contributed by atoms with Crippen LogP contribution in [0.2, 0.25) is 5.02 Å². The number of benzene rings is 2. The number of carbonyl (C=O) groups is 1. The Morgan fingerprint density at radius 1 is 1.11 bits per heavy atom. The minimum atomic E-state index is -3.85. The van der Waals surface area contributed by atoms with Crippen LogP contribution in [0.1, 0.15) is 12.5 Å². The second-order valence-electron chi connectivity index (χ2n) is 6.14. The molecule has 0 saturated carbocycles. The van der Waals surface area contributed by atoms with Crippen molar-refractivity contribution in [1.29, 1.82) is 0 Å². The van der Waals surface area contributed by atoms with E-state index in [4.69, 9.17) is 21.1 Å². The van der Waals surface area contributed by atoms with Gasteiger partial charge in [0.2, 0.25) is 15.9 Å². The summed E-state index contributed by atoms with van der Waals surface area (Å²) in [4.78, 5) is 12.3. The molecule has 0 spiro atoms. The van der Waals surface area contributed by atoms with Gasteiger partial charge in [-0.1, -0.05) is 30.7 Å². The second-order valence-corrected chi connectivity index (χ2v) is 8.51. The first kappa shape index (κ1) is 20.4. The molecule has 2 aromatic rings. The first-order valence-electron chi connectivity index (χ1n) is 8.81. The first-order valence-corrected chi connectivity index (χ1v) is 10.6. The van der Waals surface area contributed by atoms with E-state index in [-0.39, 0.29) is 24.5 Å². The number of nitrogens with zero attached hydrogens (tertiary/aromatic N) is 1. The summed E-state index contributed by atoms with van der Waals surface area (Å²) in [5.41, 5.74) is 0.871. The minimum absolute atomic E-state index is 0.0594. The fourth-order valence-corrected chi connectivity index (χ4v) is 4.27.